The lowest BCUT2D eigenvalue weighted by molar-refractivity contribution is -0.132. The number of rotatable bonds is 6. The molecule has 0 radical (unpaired) electrons. The van der Waals surface area contributed by atoms with Crippen LogP contribution in [-0.2, 0) is 9.59 Å². The van der Waals surface area contributed by atoms with E-state index in [4.69, 9.17) is 0 Å². The van der Waals surface area contributed by atoms with E-state index < -0.39 is 0 Å². The van der Waals surface area contributed by atoms with Crippen LogP contribution in [0.2, 0.25) is 0 Å². The van der Waals surface area contributed by atoms with Gasteiger partial charge in [0.25, 0.3) is 0 Å². The second-order valence-electron chi connectivity index (χ2n) is 3.75. The van der Waals surface area contributed by atoms with Crippen LogP contribution in [0.25, 0.3) is 0 Å². The van der Waals surface area contributed by atoms with E-state index in [0.29, 0.717) is 25.1 Å². The summed E-state index contributed by atoms with van der Waals surface area (Å²) in [6.45, 7) is 2.42. The van der Waals surface area contributed by atoms with Gasteiger partial charge < -0.3 is 10.2 Å². The van der Waals surface area contributed by atoms with Gasteiger partial charge in [-0.05, 0) is 6.42 Å². The maximum absolute atomic E-state index is 11.5. The van der Waals surface area contributed by atoms with Crippen molar-refractivity contribution < 1.29 is 9.59 Å². The van der Waals surface area contributed by atoms with E-state index in [1.54, 1.807) is 19.0 Å². The van der Waals surface area contributed by atoms with Crippen molar-refractivity contribution in [2.45, 2.75) is 19.8 Å². The van der Waals surface area contributed by atoms with Crippen LogP contribution in [0, 0.1) is 5.92 Å². The van der Waals surface area contributed by atoms with Crippen LogP contribution >= 0.6 is 12.6 Å². The third-order valence-corrected chi connectivity index (χ3v) is 2.32. The summed E-state index contributed by atoms with van der Waals surface area (Å²) in [5, 5.41) is 2.72. The molecule has 0 rings (SSSR count). The lowest BCUT2D eigenvalue weighted by Crippen LogP contribution is -2.30. The lowest BCUT2D eigenvalue weighted by Gasteiger charge is -2.16. The summed E-state index contributed by atoms with van der Waals surface area (Å²) in [6, 6.07) is 0. The molecule has 0 aliphatic heterocycles. The average Bonchev–Trinajstić information content (AvgIpc) is 2.21. The van der Waals surface area contributed by atoms with Crippen LogP contribution in [0.4, 0.5) is 0 Å². The van der Waals surface area contributed by atoms with Gasteiger partial charge in [-0.1, -0.05) is 6.92 Å². The summed E-state index contributed by atoms with van der Waals surface area (Å²) in [5.74, 6) is 0.596. The Kier molecular flexibility index (Phi) is 7.21. The molecule has 0 saturated heterocycles. The molecule has 0 saturated carbocycles. The molecule has 0 aromatic carbocycles. The Balaban J connectivity index is 3.75. The first kappa shape index (κ1) is 14.3. The van der Waals surface area contributed by atoms with Crippen molar-refractivity contribution in [2.75, 3.05) is 26.4 Å². The number of carbonyl (C=O) groups is 2. The molecule has 5 heteroatoms. The normalized spacial score (nSPS) is 12.0. The summed E-state index contributed by atoms with van der Waals surface area (Å²) in [6.07, 6.45) is 0.990. The molecule has 0 spiro atoms. The SMILES string of the molecule is CC(CCC(=O)NCCS)C(=O)N(C)C. The van der Waals surface area contributed by atoms with Crippen molar-refractivity contribution in [3.05, 3.63) is 0 Å². The van der Waals surface area contributed by atoms with Crippen LogP contribution in [-0.4, -0.2) is 43.1 Å². The van der Waals surface area contributed by atoms with Crippen molar-refractivity contribution in [1.82, 2.24) is 10.2 Å². The summed E-state index contributed by atoms with van der Waals surface area (Å²) >= 11 is 3.99. The predicted octanol–water partition coefficient (Wildman–Crippen LogP) is 0.537. The first-order valence-electron chi connectivity index (χ1n) is 5.07. The largest absolute Gasteiger partial charge is 0.355 e. The molecule has 0 heterocycles. The highest BCUT2D eigenvalue weighted by Gasteiger charge is 2.15. The van der Waals surface area contributed by atoms with Gasteiger partial charge in [0.05, 0.1) is 0 Å². The standard InChI is InChI=1S/C10H20N2O2S/c1-8(10(14)12(2)3)4-5-9(13)11-6-7-15/h8,15H,4-7H2,1-3H3,(H,11,13). The fourth-order valence-electron chi connectivity index (χ4n) is 1.20. The monoisotopic (exact) mass is 232 g/mol. The molecule has 4 nitrogen and oxygen atoms in total. The third kappa shape index (κ3) is 6.38. The molecule has 1 unspecified atom stereocenters. The lowest BCUT2D eigenvalue weighted by atomic mass is 10.0. The smallest absolute Gasteiger partial charge is 0.224 e. The number of hydrogen-bond acceptors (Lipinski definition) is 3. The number of thiol groups is 1. The van der Waals surface area contributed by atoms with Gasteiger partial charge >= 0.3 is 0 Å². The van der Waals surface area contributed by atoms with Crippen LogP contribution in [0.1, 0.15) is 19.8 Å². The zero-order valence-corrected chi connectivity index (χ0v) is 10.5. The number of nitrogens with zero attached hydrogens (tertiary/aromatic N) is 1. The summed E-state index contributed by atoms with van der Waals surface area (Å²) < 4.78 is 0. The van der Waals surface area contributed by atoms with Crippen molar-refractivity contribution >= 4 is 24.4 Å². The Labute approximate surface area is 96.8 Å². The molecule has 0 aromatic heterocycles. The van der Waals surface area contributed by atoms with E-state index in [1.165, 1.54) is 0 Å². The molecule has 0 aliphatic rings. The van der Waals surface area contributed by atoms with Crippen molar-refractivity contribution in [3.8, 4) is 0 Å². The van der Waals surface area contributed by atoms with E-state index in [9.17, 15) is 9.59 Å². The summed E-state index contributed by atoms with van der Waals surface area (Å²) in [5.41, 5.74) is 0. The molecular formula is C10H20N2O2S. The van der Waals surface area contributed by atoms with Crippen molar-refractivity contribution in [3.63, 3.8) is 0 Å². The highest BCUT2D eigenvalue weighted by Crippen LogP contribution is 2.07. The van der Waals surface area contributed by atoms with Crippen molar-refractivity contribution in [1.29, 1.82) is 0 Å². The Hall–Kier alpha value is -0.710. The van der Waals surface area contributed by atoms with Crippen LogP contribution in [0.3, 0.4) is 0 Å². The maximum Gasteiger partial charge on any atom is 0.224 e. The second-order valence-corrected chi connectivity index (χ2v) is 4.19. The second kappa shape index (κ2) is 7.56. The molecular weight excluding hydrogens is 212 g/mol. The average molecular weight is 232 g/mol. The predicted molar refractivity (Wildman–Crippen MR) is 64.0 cm³/mol. The van der Waals surface area contributed by atoms with Gasteiger partial charge in [-0.25, -0.2) is 0 Å². The minimum Gasteiger partial charge on any atom is -0.355 e. The van der Waals surface area contributed by atoms with Gasteiger partial charge in [-0.3, -0.25) is 9.59 Å². The van der Waals surface area contributed by atoms with Crippen molar-refractivity contribution in [2.24, 2.45) is 5.92 Å². The highest BCUT2D eigenvalue weighted by atomic mass is 32.1. The molecule has 0 fully saturated rings. The maximum atomic E-state index is 11.5. The Morgan fingerprint density at radius 3 is 2.47 bits per heavy atom. The van der Waals surface area contributed by atoms with Gasteiger partial charge in [0.2, 0.25) is 11.8 Å². The number of hydrogen-bond donors (Lipinski definition) is 2. The third-order valence-electron chi connectivity index (χ3n) is 2.10. The summed E-state index contributed by atoms with van der Waals surface area (Å²) in [4.78, 5) is 24.2. The highest BCUT2D eigenvalue weighted by molar-refractivity contribution is 7.80. The first-order valence-corrected chi connectivity index (χ1v) is 5.71. The quantitative estimate of drug-likeness (QED) is 0.657. The van der Waals surface area contributed by atoms with E-state index in [0.717, 1.165) is 0 Å². The van der Waals surface area contributed by atoms with Crippen LogP contribution in [0.15, 0.2) is 0 Å². The van der Waals surface area contributed by atoms with Gasteiger partial charge in [-0.15, -0.1) is 0 Å². The molecule has 1 atom stereocenters. The zero-order valence-electron chi connectivity index (χ0n) is 9.62. The van der Waals surface area contributed by atoms with Gasteiger partial charge in [-0.2, -0.15) is 12.6 Å². The Morgan fingerprint density at radius 2 is 2.00 bits per heavy atom. The number of nitrogens with one attached hydrogen (secondary N) is 1. The minimum atomic E-state index is -0.0956. The number of amides is 2. The Bertz CT molecular complexity index is 219. The van der Waals surface area contributed by atoms with E-state index in [-0.39, 0.29) is 17.7 Å². The topological polar surface area (TPSA) is 49.4 Å². The molecule has 2 amide bonds. The number of carbonyl (C=O) groups excluding carboxylic acids is 2. The molecule has 1 N–H and O–H groups in total. The molecule has 0 aromatic rings. The summed E-state index contributed by atoms with van der Waals surface area (Å²) in [7, 11) is 3.44. The van der Waals surface area contributed by atoms with Gasteiger partial charge in [0.1, 0.15) is 0 Å². The molecule has 0 bridgehead atoms. The van der Waals surface area contributed by atoms with Crippen LogP contribution < -0.4 is 5.32 Å². The van der Waals surface area contributed by atoms with E-state index >= 15 is 0 Å². The van der Waals surface area contributed by atoms with Crippen LogP contribution in [0.5, 0.6) is 0 Å². The first-order chi connectivity index (χ1) is 6.99. The zero-order chi connectivity index (χ0) is 11.8. The minimum absolute atomic E-state index is 0.0116. The molecule has 15 heavy (non-hydrogen) atoms. The van der Waals surface area contributed by atoms with E-state index in [2.05, 4.69) is 17.9 Å². The Morgan fingerprint density at radius 1 is 1.40 bits per heavy atom. The van der Waals surface area contributed by atoms with Gasteiger partial charge in [0.15, 0.2) is 0 Å². The molecule has 0 aliphatic carbocycles. The van der Waals surface area contributed by atoms with E-state index in [1.807, 2.05) is 6.92 Å². The fourth-order valence-corrected chi connectivity index (χ4v) is 1.31. The molecule has 88 valence electrons. The van der Waals surface area contributed by atoms with Gasteiger partial charge in [0, 0.05) is 38.7 Å². The fraction of sp³-hybridized carbons (Fsp3) is 0.800.